The second-order valence-electron chi connectivity index (χ2n) is 8.26. The van der Waals surface area contributed by atoms with Crippen molar-refractivity contribution in [2.75, 3.05) is 6.61 Å². The number of hydrazone groups is 1. The zero-order chi connectivity index (χ0) is 26.2. The highest BCUT2D eigenvalue weighted by Crippen LogP contribution is 2.34. The van der Waals surface area contributed by atoms with Crippen LogP contribution < -0.4 is 14.9 Å². The first kappa shape index (κ1) is 26.2. The lowest BCUT2D eigenvalue weighted by molar-refractivity contribution is 0.0952. The number of amides is 1. The molecule has 7 heteroatoms. The minimum Gasteiger partial charge on any atom is -0.507 e. The van der Waals surface area contributed by atoms with Crippen molar-refractivity contribution in [2.45, 2.75) is 20.0 Å². The number of nitrogens with zero attached hydrogens (tertiary/aromatic N) is 1. The molecule has 0 saturated carbocycles. The van der Waals surface area contributed by atoms with Gasteiger partial charge in [0, 0.05) is 9.13 Å². The Bertz CT molecular complexity index is 1450. The fourth-order valence-electron chi connectivity index (χ4n) is 3.86. The third-order valence-corrected chi connectivity index (χ3v) is 6.32. The Hall–Kier alpha value is -3.85. The van der Waals surface area contributed by atoms with Crippen LogP contribution in [0.1, 0.15) is 34.0 Å². The van der Waals surface area contributed by atoms with Gasteiger partial charge < -0.3 is 14.6 Å². The first-order valence-electron chi connectivity index (χ1n) is 11.8. The van der Waals surface area contributed by atoms with Crippen LogP contribution in [-0.2, 0) is 13.0 Å². The molecule has 0 unspecified atom stereocenters. The molecule has 4 rings (SSSR count). The van der Waals surface area contributed by atoms with E-state index < -0.39 is 5.91 Å². The van der Waals surface area contributed by atoms with Gasteiger partial charge in [-0.05, 0) is 94.2 Å². The Balaban J connectivity index is 1.54. The molecule has 0 bridgehead atoms. The predicted octanol–water partition coefficient (Wildman–Crippen LogP) is 6.62. The molecule has 2 N–H and O–H groups in total. The Labute approximate surface area is 229 Å². The smallest absolute Gasteiger partial charge is 0.275 e. The van der Waals surface area contributed by atoms with Crippen LogP contribution in [0, 0.1) is 3.57 Å². The summed E-state index contributed by atoms with van der Waals surface area (Å²) in [5.41, 5.74) is 5.32. The Morgan fingerprint density at radius 1 is 1.05 bits per heavy atom. The fourth-order valence-corrected chi connectivity index (χ4v) is 4.22. The number of halogens is 1. The van der Waals surface area contributed by atoms with Crippen LogP contribution >= 0.6 is 22.6 Å². The van der Waals surface area contributed by atoms with Crippen LogP contribution in [0.5, 0.6) is 17.2 Å². The third-order valence-electron chi connectivity index (χ3n) is 5.60. The number of rotatable bonds is 10. The maximum absolute atomic E-state index is 12.7. The molecule has 0 saturated heterocycles. The van der Waals surface area contributed by atoms with E-state index in [1.807, 2.05) is 67.6 Å². The lowest BCUT2D eigenvalue weighted by Gasteiger charge is -2.17. The minimum atomic E-state index is -0.506. The van der Waals surface area contributed by atoms with Gasteiger partial charge in [0.2, 0.25) is 0 Å². The van der Waals surface area contributed by atoms with Crippen molar-refractivity contribution in [3.05, 3.63) is 111 Å². The summed E-state index contributed by atoms with van der Waals surface area (Å²) >= 11 is 2.27. The number of hydrogen-bond acceptors (Lipinski definition) is 5. The number of ether oxygens (including phenoxy) is 2. The summed E-state index contributed by atoms with van der Waals surface area (Å²) in [6, 6.07) is 22.6. The zero-order valence-corrected chi connectivity index (χ0v) is 22.6. The summed E-state index contributed by atoms with van der Waals surface area (Å²) in [5, 5.41) is 16.1. The molecule has 4 aromatic rings. The number of allylic oxidation sites excluding steroid dienone is 1. The van der Waals surface area contributed by atoms with Gasteiger partial charge in [-0.15, -0.1) is 6.58 Å². The van der Waals surface area contributed by atoms with Crippen molar-refractivity contribution in [2.24, 2.45) is 5.10 Å². The lowest BCUT2D eigenvalue weighted by atomic mass is 10.1. The largest absolute Gasteiger partial charge is 0.507 e. The molecule has 1 amide bonds. The van der Waals surface area contributed by atoms with Gasteiger partial charge in [-0.2, -0.15) is 5.10 Å². The molecule has 37 heavy (non-hydrogen) atoms. The summed E-state index contributed by atoms with van der Waals surface area (Å²) in [6.07, 6.45) is 3.91. The topological polar surface area (TPSA) is 80.2 Å². The molecule has 6 nitrogen and oxygen atoms in total. The van der Waals surface area contributed by atoms with Crippen LogP contribution in [0.15, 0.2) is 90.6 Å². The number of carbonyl (C=O) groups is 1. The van der Waals surface area contributed by atoms with Crippen LogP contribution in [-0.4, -0.2) is 23.8 Å². The van der Waals surface area contributed by atoms with Gasteiger partial charge in [0.15, 0.2) is 11.5 Å². The van der Waals surface area contributed by atoms with E-state index in [0.29, 0.717) is 31.1 Å². The molecule has 0 fully saturated rings. The summed E-state index contributed by atoms with van der Waals surface area (Å²) < 4.78 is 13.2. The quantitative estimate of drug-likeness (QED) is 0.0921. The number of benzene rings is 4. The van der Waals surface area contributed by atoms with Gasteiger partial charge in [0.25, 0.3) is 5.91 Å². The standard InChI is InChI=1S/C30H27IN2O4/c1-3-7-24-14-21(15-28(36-4-2)29(24)37-19-20-10-12-25(31)13-11-20)18-32-33-30(35)26-16-22-8-5-6-9-23(22)17-27(26)34/h3,5-6,8-18,34H,1,4,7,19H2,2H3,(H,33,35). The fraction of sp³-hybridized carbons (Fsp3) is 0.133. The monoisotopic (exact) mass is 606 g/mol. The van der Waals surface area contributed by atoms with Crippen LogP contribution in [0.4, 0.5) is 0 Å². The summed E-state index contributed by atoms with van der Waals surface area (Å²) in [4.78, 5) is 12.7. The summed E-state index contributed by atoms with van der Waals surface area (Å²) in [5.74, 6) is 0.635. The summed E-state index contributed by atoms with van der Waals surface area (Å²) in [6.45, 7) is 6.64. The summed E-state index contributed by atoms with van der Waals surface area (Å²) in [7, 11) is 0. The lowest BCUT2D eigenvalue weighted by Crippen LogP contribution is -2.17. The molecule has 188 valence electrons. The minimum absolute atomic E-state index is 0.104. The maximum Gasteiger partial charge on any atom is 0.275 e. The third kappa shape index (κ3) is 6.68. The van der Waals surface area contributed by atoms with Gasteiger partial charge in [-0.25, -0.2) is 5.43 Å². The van der Waals surface area contributed by atoms with Crippen molar-refractivity contribution in [3.63, 3.8) is 0 Å². The molecule has 0 heterocycles. The van der Waals surface area contributed by atoms with Crippen molar-refractivity contribution in [1.29, 1.82) is 0 Å². The van der Waals surface area contributed by atoms with Crippen molar-refractivity contribution in [1.82, 2.24) is 5.43 Å². The Kier molecular flexibility index (Phi) is 8.79. The highest BCUT2D eigenvalue weighted by Gasteiger charge is 2.14. The van der Waals surface area contributed by atoms with E-state index in [1.165, 1.54) is 6.21 Å². The molecular formula is C30H27IN2O4. The molecule has 4 aromatic carbocycles. The molecule has 0 atom stereocenters. The number of nitrogens with one attached hydrogen (secondary N) is 1. The normalized spacial score (nSPS) is 11.0. The van der Waals surface area contributed by atoms with E-state index in [2.05, 4.69) is 39.7 Å². The molecule has 0 aliphatic heterocycles. The van der Waals surface area contributed by atoms with Crippen molar-refractivity contribution in [3.8, 4) is 17.2 Å². The molecule has 0 radical (unpaired) electrons. The first-order valence-corrected chi connectivity index (χ1v) is 12.9. The number of fused-ring (bicyclic) bond motifs is 1. The number of phenols is 1. The van der Waals surface area contributed by atoms with E-state index in [9.17, 15) is 9.90 Å². The number of phenolic OH excluding ortho intramolecular Hbond substituents is 1. The molecular weight excluding hydrogens is 579 g/mol. The second-order valence-corrected chi connectivity index (χ2v) is 9.51. The number of hydrogen-bond donors (Lipinski definition) is 2. The highest BCUT2D eigenvalue weighted by atomic mass is 127. The van der Waals surface area contributed by atoms with Gasteiger partial charge in [0.1, 0.15) is 12.4 Å². The zero-order valence-electron chi connectivity index (χ0n) is 20.4. The highest BCUT2D eigenvalue weighted by molar-refractivity contribution is 14.1. The number of aromatic hydroxyl groups is 1. The van der Waals surface area contributed by atoms with Crippen LogP contribution in [0.25, 0.3) is 10.8 Å². The van der Waals surface area contributed by atoms with E-state index in [4.69, 9.17) is 9.47 Å². The predicted molar refractivity (Wildman–Crippen MR) is 156 cm³/mol. The average Bonchev–Trinajstić information content (AvgIpc) is 2.89. The van der Waals surface area contributed by atoms with E-state index in [0.717, 1.165) is 31.0 Å². The van der Waals surface area contributed by atoms with Gasteiger partial charge in [-0.1, -0.05) is 42.5 Å². The van der Waals surface area contributed by atoms with Crippen LogP contribution in [0.2, 0.25) is 0 Å². The molecule has 0 aliphatic carbocycles. The Morgan fingerprint density at radius 3 is 2.49 bits per heavy atom. The number of carbonyl (C=O) groups excluding carboxylic acids is 1. The second kappa shape index (κ2) is 12.4. The van der Waals surface area contributed by atoms with E-state index in [1.54, 1.807) is 18.2 Å². The molecule has 0 aliphatic rings. The van der Waals surface area contributed by atoms with Crippen molar-refractivity contribution >= 4 is 45.5 Å². The molecule has 0 aromatic heterocycles. The van der Waals surface area contributed by atoms with Gasteiger partial charge >= 0.3 is 0 Å². The van der Waals surface area contributed by atoms with E-state index >= 15 is 0 Å². The SMILES string of the molecule is C=CCc1cc(C=NNC(=O)c2cc3ccccc3cc2O)cc(OCC)c1OCc1ccc(I)cc1. The maximum atomic E-state index is 12.7. The van der Waals surface area contributed by atoms with Crippen LogP contribution in [0.3, 0.4) is 0 Å². The first-order chi connectivity index (χ1) is 18.0. The van der Waals surface area contributed by atoms with Crippen molar-refractivity contribution < 1.29 is 19.4 Å². The average molecular weight is 606 g/mol. The Morgan fingerprint density at radius 2 is 1.78 bits per heavy atom. The molecule has 0 spiro atoms. The van der Waals surface area contributed by atoms with Gasteiger partial charge in [-0.3, -0.25) is 4.79 Å². The van der Waals surface area contributed by atoms with Gasteiger partial charge in [0.05, 0.1) is 18.4 Å². The van der Waals surface area contributed by atoms with E-state index in [-0.39, 0.29) is 11.3 Å².